The number of rotatable bonds is 8. The van der Waals surface area contributed by atoms with Gasteiger partial charge in [-0.1, -0.05) is 12.1 Å². The Kier molecular flexibility index (Phi) is 8.79. The molecule has 0 bridgehead atoms. The molecule has 2 aromatic rings. The van der Waals surface area contributed by atoms with Crippen LogP contribution in [0.3, 0.4) is 0 Å². The summed E-state index contributed by atoms with van der Waals surface area (Å²) in [4.78, 5) is 24.6. The summed E-state index contributed by atoms with van der Waals surface area (Å²) in [5.74, 6) is 0.582. The third-order valence-electron chi connectivity index (χ3n) is 4.97. The number of anilines is 1. The van der Waals surface area contributed by atoms with Crippen molar-refractivity contribution in [1.82, 2.24) is 10.6 Å². The molecule has 0 radical (unpaired) electrons. The zero-order chi connectivity index (χ0) is 23.6. The Morgan fingerprint density at radius 1 is 1.15 bits per heavy atom. The van der Waals surface area contributed by atoms with Gasteiger partial charge in [0, 0.05) is 30.5 Å². The molecule has 0 spiro atoms. The molecule has 1 saturated heterocycles. The molecule has 0 saturated carbocycles. The number of amides is 2. The molecule has 1 aliphatic heterocycles. The normalized spacial score (nSPS) is 15.2. The quantitative estimate of drug-likeness (QED) is 0.404. The summed E-state index contributed by atoms with van der Waals surface area (Å²) in [5.41, 5.74) is 1.85. The minimum atomic E-state index is -0.396. The highest BCUT2D eigenvalue weighted by Crippen LogP contribution is 2.27. The van der Waals surface area contributed by atoms with Crippen LogP contribution < -0.4 is 25.4 Å². The molecule has 9 heteroatoms. The van der Waals surface area contributed by atoms with E-state index in [4.69, 9.17) is 26.4 Å². The van der Waals surface area contributed by atoms with Crippen molar-refractivity contribution in [3.63, 3.8) is 0 Å². The molecule has 1 fully saturated rings. The maximum absolute atomic E-state index is 12.4. The molecule has 0 aromatic heterocycles. The number of carbonyl (C=O) groups excluding carboxylic acids is 2. The highest BCUT2D eigenvalue weighted by Gasteiger charge is 2.17. The predicted octanol–water partition coefficient (Wildman–Crippen LogP) is 3.14. The number of hydrogen-bond acceptors (Lipinski definition) is 6. The summed E-state index contributed by atoms with van der Waals surface area (Å²) in [6.07, 6.45) is 5.05. The first-order valence-electron chi connectivity index (χ1n) is 10.5. The van der Waals surface area contributed by atoms with Crippen LogP contribution in [0, 0.1) is 0 Å². The van der Waals surface area contributed by atoms with Crippen LogP contribution in [0.1, 0.15) is 28.8 Å². The average molecular weight is 470 g/mol. The van der Waals surface area contributed by atoms with Crippen LogP contribution in [-0.2, 0) is 9.53 Å². The Morgan fingerprint density at radius 3 is 2.70 bits per heavy atom. The summed E-state index contributed by atoms with van der Waals surface area (Å²) >= 11 is 5.22. The van der Waals surface area contributed by atoms with Gasteiger partial charge in [-0.05, 0) is 67.0 Å². The smallest absolute Gasteiger partial charge is 0.251 e. The zero-order valence-corrected chi connectivity index (χ0v) is 19.4. The van der Waals surface area contributed by atoms with Crippen molar-refractivity contribution in [2.24, 2.45) is 0 Å². The number of thiocarbonyl (C=S) groups is 1. The summed E-state index contributed by atoms with van der Waals surface area (Å²) < 4.78 is 16.0. The molecule has 3 rings (SSSR count). The van der Waals surface area contributed by atoms with Gasteiger partial charge in [-0.15, -0.1) is 0 Å². The van der Waals surface area contributed by atoms with E-state index >= 15 is 0 Å². The second-order valence-electron chi connectivity index (χ2n) is 7.32. The van der Waals surface area contributed by atoms with Crippen LogP contribution in [0.15, 0.2) is 48.5 Å². The van der Waals surface area contributed by atoms with Crippen molar-refractivity contribution < 1.29 is 23.8 Å². The maximum Gasteiger partial charge on any atom is 0.251 e. The largest absolute Gasteiger partial charge is 0.493 e. The summed E-state index contributed by atoms with van der Waals surface area (Å²) in [6, 6.07) is 12.2. The summed E-state index contributed by atoms with van der Waals surface area (Å²) in [5, 5.41) is 8.50. The van der Waals surface area contributed by atoms with Crippen molar-refractivity contribution in [1.29, 1.82) is 0 Å². The van der Waals surface area contributed by atoms with E-state index in [0.717, 1.165) is 25.0 Å². The van der Waals surface area contributed by atoms with E-state index in [-0.39, 0.29) is 17.1 Å². The first-order chi connectivity index (χ1) is 16.0. The van der Waals surface area contributed by atoms with Crippen LogP contribution in [0.25, 0.3) is 6.08 Å². The molecule has 3 N–H and O–H groups in total. The molecule has 2 aromatic carbocycles. The van der Waals surface area contributed by atoms with Crippen molar-refractivity contribution >= 4 is 40.9 Å². The number of benzene rings is 2. The molecule has 1 aliphatic rings. The van der Waals surface area contributed by atoms with Gasteiger partial charge in [0.25, 0.3) is 5.91 Å². The molecule has 174 valence electrons. The van der Waals surface area contributed by atoms with E-state index in [1.165, 1.54) is 6.08 Å². The van der Waals surface area contributed by atoms with Crippen LogP contribution in [-0.4, -0.2) is 50.4 Å². The van der Waals surface area contributed by atoms with Crippen molar-refractivity contribution in [3.8, 4) is 11.5 Å². The fraction of sp³-hybridized carbons (Fsp3) is 0.292. The number of methoxy groups -OCH3 is 2. The molecule has 8 nitrogen and oxygen atoms in total. The lowest BCUT2D eigenvalue weighted by Gasteiger charge is -2.12. The SMILES string of the molecule is COc1ccc(/C=C/C(=O)NC(=S)Nc2cccc(C(=O)NCC3CCCO3)c2)cc1OC. The molecular weight excluding hydrogens is 442 g/mol. The lowest BCUT2D eigenvalue weighted by Crippen LogP contribution is -2.33. The van der Waals surface area contributed by atoms with Gasteiger partial charge in [0.2, 0.25) is 5.91 Å². The van der Waals surface area contributed by atoms with Gasteiger partial charge in [0.1, 0.15) is 0 Å². The van der Waals surface area contributed by atoms with Gasteiger partial charge < -0.3 is 24.8 Å². The topological polar surface area (TPSA) is 97.9 Å². The molecule has 33 heavy (non-hydrogen) atoms. The minimum Gasteiger partial charge on any atom is -0.493 e. The minimum absolute atomic E-state index is 0.0742. The van der Waals surface area contributed by atoms with Crippen LogP contribution in [0.4, 0.5) is 5.69 Å². The fourth-order valence-corrected chi connectivity index (χ4v) is 3.51. The third-order valence-corrected chi connectivity index (χ3v) is 5.17. The molecule has 1 atom stereocenters. The molecule has 2 amide bonds. The number of ether oxygens (including phenoxy) is 3. The summed E-state index contributed by atoms with van der Waals surface area (Å²) in [7, 11) is 3.10. The molecular formula is C24H27N3O5S. The first kappa shape index (κ1) is 24.2. The van der Waals surface area contributed by atoms with Crippen LogP contribution >= 0.6 is 12.2 Å². The van der Waals surface area contributed by atoms with E-state index in [0.29, 0.717) is 29.3 Å². The van der Waals surface area contributed by atoms with Crippen LogP contribution in [0.5, 0.6) is 11.5 Å². The first-order valence-corrected chi connectivity index (χ1v) is 10.9. The summed E-state index contributed by atoms with van der Waals surface area (Å²) in [6.45, 7) is 1.23. The van der Waals surface area contributed by atoms with E-state index in [9.17, 15) is 9.59 Å². The van der Waals surface area contributed by atoms with Gasteiger partial charge in [-0.3, -0.25) is 14.9 Å². The van der Waals surface area contributed by atoms with Crippen LogP contribution in [0.2, 0.25) is 0 Å². The lowest BCUT2D eigenvalue weighted by molar-refractivity contribution is -0.115. The second-order valence-corrected chi connectivity index (χ2v) is 7.73. The second kappa shape index (κ2) is 12.0. The van der Waals surface area contributed by atoms with Crippen molar-refractivity contribution in [2.45, 2.75) is 18.9 Å². The van der Waals surface area contributed by atoms with Crippen molar-refractivity contribution in [2.75, 3.05) is 32.7 Å². The highest BCUT2D eigenvalue weighted by molar-refractivity contribution is 7.80. The Labute approximate surface area is 198 Å². The zero-order valence-electron chi connectivity index (χ0n) is 18.6. The van der Waals surface area contributed by atoms with Gasteiger partial charge in [-0.2, -0.15) is 0 Å². The average Bonchev–Trinajstić information content (AvgIpc) is 3.34. The monoisotopic (exact) mass is 469 g/mol. The van der Waals surface area contributed by atoms with E-state index < -0.39 is 5.91 Å². The lowest BCUT2D eigenvalue weighted by atomic mass is 10.1. The molecule has 1 heterocycles. The van der Waals surface area contributed by atoms with E-state index in [2.05, 4.69) is 16.0 Å². The van der Waals surface area contributed by atoms with Gasteiger partial charge >= 0.3 is 0 Å². The van der Waals surface area contributed by atoms with Gasteiger partial charge in [0.15, 0.2) is 16.6 Å². The third kappa shape index (κ3) is 7.30. The van der Waals surface area contributed by atoms with Crippen molar-refractivity contribution in [3.05, 3.63) is 59.7 Å². The van der Waals surface area contributed by atoms with Gasteiger partial charge in [-0.25, -0.2) is 0 Å². The van der Waals surface area contributed by atoms with E-state index in [1.54, 1.807) is 62.8 Å². The molecule has 0 aliphatic carbocycles. The number of hydrogen-bond donors (Lipinski definition) is 3. The fourth-order valence-electron chi connectivity index (χ4n) is 3.30. The molecule has 1 unspecified atom stereocenters. The standard InChI is InChI=1S/C24H27N3O5S/c1-30-20-10-8-16(13-21(20)31-2)9-11-22(28)27-24(33)26-18-6-3-5-17(14-18)23(29)25-15-19-7-4-12-32-19/h3,5-6,8-11,13-14,19H,4,7,12,15H2,1-2H3,(H,25,29)(H2,26,27,28,33)/b11-9+. The van der Waals surface area contributed by atoms with E-state index in [1.807, 2.05) is 0 Å². The number of carbonyl (C=O) groups is 2. The Bertz CT molecular complexity index is 1030. The number of nitrogens with one attached hydrogen (secondary N) is 3. The Balaban J connectivity index is 1.51. The Hall–Kier alpha value is -3.43. The predicted molar refractivity (Wildman–Crippen MR) is 131 cm³/mol. The highest BCUT2D eigenvalue weighted by atomic mass is 32.1. The Morgan fingerprint density at radius 2 is 1.97 bits per heavy atom. The van der Waals surface area contributed by atoms with Gasteiger partial charge in [0.05, 0.1) is 20.3 Å². The maximum atomic E-state index is 12.4.